The highest BCUT2D eigenvalue weighted by Crippen LogP contribution is 2.65. The number of benzene rings is 2. The first-order valence-electron chi connectivity index (χ1n) is 7.64. The molecule has 1 aliphatic rings. The highest BCUT2D eigenvalue weighted by molar-refractivity contribution is 6.51. The van der Waals surface area contributed by atoms with Gasteiger partial charge >= 0.3 is 0 Å². The molecule has 1 fully saturated rings. The summed E-state index contributed by atoms with van der Waals surface area (Å²) in [5.41, 5.74) is 0.785. The van der Waals surface area contributed by atoms with Crippen molar-refractivity contribution in [1.29, 1.82) is 5.26 Å². The molecular formula is C19H18Cl2N2. The third kappa shape index (κ3) is 2.19. The lowest BCUT2D eigenvalue weighted by Crippen LogP contribution is -2.74. The summed E-state index contributed by atoms with van der Waals surface area (Å²) >= 11 is 13.6. The van der Waals surface area contributed by atoms with E-state index in [2.05, 4.69) is 24.8 Å². The first-order chi connectivity index (χ1) is 11.0. The van der Waals surface area contributed by atoms with Crippen molar-refractivity contribution < 1.29 is 0 Å². The van der Waals surface area contributed by atoms with Gasteiger partial charge in [-0.05, 0) is 25.0 Å². The molecule has 4 heteroatoms. The maximum absolute atomic E-state index is 10.0. The van der Waals surface area contributed by atoms with Gasteiger partial charge in [-0.3, -0.25) is 4.90 Å². The second-order valence-electron chi connectivity index (χ2n) is 6.13. The highest BCUT2D eigenvalue weighted by atomic mass is 35.5. The molecule has 0 radical (unpaired) electrons. The summed E-state index contributed by atoms with van der Waals surface area (Å²) in [4.78, 5) is 2.11. The van der Waals surface area contributed by atoms with Crippen LogP contribution in [0.5, 0.6) is 0 Å². The van der Waals surface area contributed by atoms with Crippen molar-refractivity contribution in [1.82, 2.24) is 4.90 Å². The highest BCUT2D eigenvalue weighted by Gasteiger charge is 2.72. The fourth-order valence-electron chi connectivity index (χ4n) is 3.58. The second-order valence-corrected chi connectivity index (χ2v) is 7.51. The monoisotopic (exact) mass is 344 g/mol. The summed E-state index contributed by atoms with van der Waals surface area (Å²) < 4.78 is -1.23. The third-order valence-corrected chi connectivity index (χ3v) is 5.48. The molecule has 0 spiro atoms. The van der Waals surface area contributed by atoms with E-state index in [-0.39, 0.29) is 12.1 Å². The number of halogens is 2. The first kappa shape index (κ1) is 16.3. The van der Waals surface area contributed by atoms with Gasteiger partial charge in [-0.2, -0.15) is 5.26 Å². The Morgan fingerprint density at radius 1 is 1.00 bits per heavy atom. The minimum absolute atomic E-state index is 0.116. The van der Waals surface area contributed by atoms with Crippen LogP contribution in [-0.2, 0) is 5.54 Å². The van der Waals surface area contributed by atoms with Crippen molar-refractivity contribution in [2.45, 2.75) is 35.8 Å². The minimum atomic E-state index is -1.23. The molecule has 23 heavy (non-hydrogen) atoms. The zero-order chi connectivity index (χ0) is 16.7. The average Bonchev–Trinajstić information content (AvgIpc) is 2.55. The van der Waals surface area contributed by atoms with Gasteiger partial charge in [0, 0.05) is 6.04 Å². The Morgan fingerprint density at radius 2 is 1.52 bits per heavy atom. The molecule has 2 unspecified atom stereocenters. The van der Waals surface area contributed by atoms with Gasteiger partial charge in [0.2, 0.25) is 0 Å². The Labute approximate surface area is 147 Å². The van der Waals surface area contributed by atoms with E-state index in [0.29, 0.717) is 0 Å². The van der Waals surface area contributed by atoms with Crippen LogP contribution in [0.2, 0.25) is 0 Å². The van der Waals surface area contributed by atoms with E-state index in [0.717, 1.165) is 11.1 Å². The SMILES string of the molecule is CC(C)N1C(c2ccccc2)C(Cl)(Cl)C1(C#N)c1ccccc1. The molecule has 1 saturated heterocycles. The normalized spacial score (nSPS) is 26.5. The van der Waals surface area contributed by atoms with E-state index < -0.39 is 9.87 Å². The molecule has 1 aliphatic heterocycles. The Bertz CT molecular complexity index is 722. The van der Waals surface area contributed by atoms with E-state index >= 15 is 0 Å². The molecule has 2 atom stereocenters. The zero-order valence-corrected chi connectivity index (χ0v) is 14.6. The van der Waals surface area contributed by atoms with Crippen molar-refractivity contribution >= 4 is 23.2 Å². The third-order valence-electron chi connectivity index (χ3n) is 4.52. The van der Waals surface area contributed by atoms with Crippen LogP contribution in [0.1, 0.15) is 31.0 Å². The van der Waals surface area contributed by atoms with Crippen molar-refractivity contribution in [2.75, 3.05) is 0 Å². The van der Waals surface area contributed by atoms with Crippen molar-refractivity contribution in [2.24, 2.45) is 0 Å². The van der Waals surface area contributed by atoms with Crippen LogP contribution >= 0.6 is 23.2 Å². The molecule has 0 aliphatic carbocycles. The summed E-state index contributed by atoms with van der Waals surface area (Å²) in [7, 11) is 0. The molecule has 2 nitrogen and oxygen atoms in total. The number of hydrogen-bond acceptors (Lipinski definition) is 2. The van der Waals surface area contributed by atoms with Crippen LogP contribution < -0.4 is 0 Å². The Hall–Kier alpha value is -1.53. The quantitative estimate of drug-likeness (QED) is 0.729. The van der Waals surface area contributed by atoms with Gasteiger partial charge in [-0.15, -0.1) is 0 Å². The van der Waals surface area contributed by atoms with Crippen LogP contribution in [-0.4, -0.2) is 15.3 Å². The number of nitriles is 1. The Kier molecular flexibility index (Phi) is 4.14. The summed E-state index contributed by atoms with van der Waals surface area (Å²) in [6.45, 7) is 4.13. The van der Waals surface area contributed by atoms with Gasteiger partial charge in [0.1, 0.15) is 0 Å². The molecule has 2 aromatic rings. The van der Waals surface area contributed by atoms with E-state index in [1.165, 1.54) is 0 Å². The zero-order valence-electron chi connectivity index (χ0n) is 13.1. The molecule has 0 amide bonds. The maximum atomic E-state index is 10.0. The van der Waals surface area contributed by atoms with Gasteiger partial charge < -0.3 is 0 Å². The molecule has 1 heterocycles. The summed E-state index contributed by atoms with van der Waals surface area (Å²) in [6, 6.07) is 21.8. The van der Waals surface area contributed by atoms with Gasteiger partial charge in [-0.1, -0.05) is 83.9 Å². The number of rotatable bonds is 3. The predicted octanol–water partition coefficient (Wildman–Crippen LogP) is 5.04. The lowest BCUT2D eigenvalue weighted by atomic mass is 9.70. The standard InChI is InChI=1S/C19H18Cl2N2/c1-14(2)23-17(15-9-5-3-6-10-15)19(20,21)18(23,13-22)16-11-7-4-8-12-16/h3-12,14,17H,1-2H3. The van der Waals surface area contributed by atoms with Crippen molar-refractivity contribution in [3.8, 4) is 6.07 Å². The second kappa shape index (κ2) is 5.83. The fourth-order valence-corrected chi connectivity index (χ4v) is 4.54. The van der Waals surface area contributed by atoms with E-state index in [1.807, 2.05) is 60.7 Å². The molecule has 0 aromatic heterocycles. The summed E-state index contributed by atoms with van der Waals surface area (Å²) in [5, 5.41) is 10.0. The minimum Gasteiger partial charge on any atom is -0.266 e. The van der Waals surface area contributed by atoms with Crippen molar-refractivity contribution in [3.05, 3.63) is 71.8 Å². The molecule has 0 saturated carbocycles. The summed E-state index contributed by atoms with van der Waals surface area (Å²) in [6.07, 6.45) is 0. The lowest BCUT2D eigenvalue weighted by molar-refractivity contribution is -0.0804. The largest absolute Gasteiger partial charge is 0.266 e. The van der Waals surface area contributed by atoms with Gasteiger partial charge in [0.05, 0.1) is 12.1 Å². The molecule has 118 valence electrons. The number of alkyl halides is 2. The van der Waals surface area contributed by atoms with Gasteiger partial charge in [0.15, 0.2) is 9.87 Å². The van der Waals surface area contributed by atoms with E-state index in [9.17, 15) is 5.26 Å². The van der Waals surface area contributed by atoms with Crippen LogP contribution in [0.4, 0.5) is 0 Å². The van der Waals surface area contributed by atoms with Gasteiger partial charge in [-0.25, -0.2) is 0 Å². The van der Waals surface area contributed by atoms with Crippen LogP contribution in [0.3, 0.4) is 0 Å². The molecule has 0 N–H and O–H groups in total. The van der Waals surface area contributed by atoms with E-state index in [1.54, 1.807) is 0 Å². The van der Waals surface area contributed by atoms with Gasteiger partial charge in [0.25, 0.3) is 0 Å². The van der Waals surface area contributed by atoms with Crippen LogP contribution in [0.25, 0.3) is 0 Å². The molecular weight excluding hydrogens is 327 g/mol. The maximum Gasteiger partial charge on any atom is 0.173 e. The first-order valence-corrected chi connectivity index (χ1v) is 8.40. The van der Waals surface area contributed by atoms with E-state index in [4.69, 9.17) is 23.2 Å². The lowest BCUT2D eigenvalue weighted by Gasteiger charge is -2.64. The topological polar surface area (TPSA) is 27.0 Å². The predicted molar refractivity (Wildman–Crippen MR) is 94.3 cm³/mol. The number of likely N-dealkylation sites (tertiary alicyclic amines) is 1. The number of nitrogens with zero attached hydrogens (tertiary/aromatic N) is 2. The Morgan fingerprint density at radius 3 is 2.00 bits per heavy atom. The number of hydrogen-bond donors (Lipinski definition) is 0. The Balaban J connectivity index is 2.17. The fraction of sp³-hybridized carbons (Fsp3) is 0.316. The molecule has 2 aromatic carbocycles. The summed E-state index contributed by atoms with van der Waals surface area (Å²) in [5.74, 6) is 0. The van der Waals surface area contributed by atoms with Crippen molar-refractivity contribution in [3.63, 3.8) is 0 Å². The molecule has 0 bridgehead atoms. The smallest absolute Gasteiger partial charge is 0.173 e. The van der Waals surface area contributed by atoms with Crippen LogP contribution in [0.15, 0.2) is 60.7 Å². The average molecular weight is 345 g/mol. The van der Waals surface area contributed by atoms with Crippen LogP contribution in [0, 0.1) is 11.3 Å². The molecule has 3 rings (SSSR count).